The molecule has 0 radical (unpaired) electrons. The predicted octanol–water partition coefficient (Wildman–Crippen LogP) is 5.68. The highest BCUT2D eigenvalue weighted by Gasteiger charge is 2.34. The molecule has 4 aromatic rings. The SMILES string of the molecule is CCOC(=O)C1=C(C)N=c2s/c(=C\c3cccc(OCc4ccccc4Cl)c3)c(=O)n2[C@H]1c1ccccc1Cl. The number of rotatable bonds is 7. The number of carbonyl (C=O) groups is 1. The molecular weight excluding hydrogens is 555 g/mol. The number of aromatic nitrogens is 1. The number of hydrogen-bond donors (Lipinski definition) is 0. The second kappa shape index (κ2) is 11.6. The largest absolute Gasteiger partial charge is 0.489 e. The lowest BCUT2D eigenvalue weighted by Gasteiger charge is -2.25. The lowest BCUT2D eigenvalue weighted by atomic mass is 9.96. The zero-order valence-corrected chi connectivity index (χ0v) is 23.5. The second-order valence-electron chi connectivity index (χ2n) is 8.78. The Kier molecular flexibility index (Phi) is 8.02. The Bertz CT molecular complexity index is 1770. The number of esters is 1. The Morgan fingerprint density at radius 3 is 2.54 bits per heavy atom. The summed E-state index contributed by atoms with van der Waals surface area (Å²) in [5.41, 5.74) is 2.79. The third-order valence-electron chi connectivity index (χ3n) is 6.22. The van der Waals surface area contributed by atoms with Gasteiger partial charge < -0.3 is 9.47 Å². The zero-order valence-electron chi connectivity index (χ0n) is 21.2. The maximum Gasteiger partial charge on any atom is 0.338 e. The van der Waals surface area contributed by atoms with Crippen molar-refractivity contribution in [2.75, 3.05) is 6.61 Å². The Balaban J connectivity index is 1.56. The van der Waals surface area contributed by atoms with E-state index in [2.05, 4.69) is 4.99 Å². The number of carbonyl (C=O) groups excluding carboxylic acids is 1. The van der Waals surface area contributed by atoms with E-state index in [-0.39, 0.29) is 12.2 Å². The first-order valence-electron chi connectivity index (χ1n) is 12.3. The highest BCUT2D eigenvalue weighted by atomic mass is 35.5. The summed E-state index contributed by atoms with van der Waals surface area (Å²) in [5.74, 6) is 0.118. The molecule has 198 valence electrons. The van der Waals surface area contributed by atoms with Gasteiger partial charge in [0.25, 0.3) is 5.56 Å². The molecule has 0 bridgehead atoms. The standard InChI is InChI=1S/C30H24Cl2N2O4S/c1-3-37-29(36)26-18(2)33-30-34(27(26)22-12-5-7-14-24(22)32)28(35)25(39-30)16-19-9-8-11-21(15-19)38-17-20-10-4-6-13-23(20)31/h4-16,27H,3,17H2,1-2H3/b25-16-/t27-/m0/s1. The van der Waals surface area contributed by atoms with Crippen molar-refractivity contribution in [2.45, 2.75) is 26.5 Å². The molecule has 39 heavy (non-hydrogen) atoms. The van der Waals surface area contributed by atoms with E-state index < -0.39 is 12.0 Å². The van der Waals surface area contributed by atoms with Gasteiger partial charge in [0.15, 0.2) is 4.80 Å². The molecule has 9 heteroatoms. The molecule has 1 aromatic heterocycles. The van der Waals surface area contributed by atoms with E-state index in [0.717, 1.165) is 11.1 Å². The minimum absolute atomic E-state index is 0.199. The number of thiazole rings is 1. The van der Waals surface area contributed by atoms with Gasteiger partial charge >= 0.3 is 5.97 Å². The van der Waals surface area contributed by atoms with Crippen LogP contribution in [0.4, 0.5) is 0 Å². The summed E-state index contributed by atoms with van der Waals surface area (Å²) in [5, 5.41) is 1.08. The van der Waals surface area contributed by atoms with Gasteiger partial charge in [-0.2, -0.15) is 0 Å². The summed E-state index contributed by atoms with van der Waals surface area (Å²) in [4.78, 5) is 31.9. The van der Waals surface area contributed by atoms with Gasteiger partial charge in [-0.1, -0.05) is 83.1 Å². The molecule has 1 aliphatic rings. The fourth-order valence-corrected chi connectivity index (χ4v) is 5.88. The Hall–Kier alpha value is -3.65. The fourth-order valence-electron chi connectivity index (χ4n) is 4.40. The number of halogens is 2. The van der Waals surface area contributed by atoms with Crippen LogP contribution in [0.5, 0.6) is 5.75 Å². The molecule has 1 aliphatic heterocycles. The molecule has 6 nitrogen and oxygen atoms in total. The van der Waals surface area contributed by atoms with E-state index in [1.54, 1.807) is 32.1 Å². The van der Waals surface area contributed by atoms with E-state index in [1.807, 2.05) is 60.7 Å². The zero-order chi connectivity index (χ0) is 27.5. The molecular formula is C30H24Cl2N2O4S. The van der Waals surface area contributed by atoms with Gasteiger partial charge in [-0.3, -0.25) is 9.36 Å². The topological polar surface area (TPSA) is 69.9 Å². The number of allylic oxidation sites excluding steroid dienone is 1. The number of nitrogens with zero attached hydrogens (tertiary/aromatic N) is 2. The van der Waals surface area contributed by atoms with Crippen LogP contribution in [0.15, 0.2) is 93.9 Å². The Labute approximate surface area is 239 Å². The van der Waals surface area contributed by atoms with Crippen LogP contribution < -0.4 is 19.6 Å². The lowest BCUT2D eigenvalue weighted by molar-refractivity contribution is -0.139. The monoisotopic (exact) mass is 578 g/mol. The van der Waals surface area contributed by atoms with Gasteiger partial charge in [-0.25, -0.2) is 9.79 Å². The average molecular weight is 580 g/mol. The Morgan fingerprint density at radius 2 is 1.79 bits per heavy atom. The molecule has 3 aromatic carbocycles. The van der Waals surface area contributed by atoms with Gasteiger partial charge in [0.2, 0.25) is 0 Å². The minimum atomic E-state index is -0.763. The van der Waals surface area contributed by atoms with Crippen LogP contribution in [0.3, 0.4) is 0 Å². The number of benzene rings is 3. The van der Waals surface area contributed by atoms with Gasteiger partial charge in [-0.05, 0) is 55.3 Å². The smallest absolute Gasteiger partial charge is 0.338 e. The van der Waals surface area contributed by atoms with Crippen LogP contribution in [0.1, 0.15) is 36.6 Å². The predicted molar refractivity (Wildman–Crippen MR) is 154 cm³/mol. The van der Waals surface area contributed by atoms with E-state index in [9.17, 15) is 9.59 Å². The molecule has 0 amide bonds. The molecule has 1 atom stereocenters. The summed E-state index contributed by atoms with van der Waals surface area (Å²) in [6.07, 6.45) is 1.79. The second-order valence-corrected chi connectivity index (χ2v) is 10.6. The van der Waals surface area contributed by atoms with Gasteiger partial charge in [0, 0.05) is 15.6 Å². The summed E-state index contributed by atoms with van der Waals surface area (Å²) >= 11 is 14.1. The highest BCUT2D eigenvalue weighted by molar-refractivity contribution is 7.07. The van der Waals surface area contributed by atoms with Crippen molar-refractivity contribution in [3.8, 4) is 5.75 Å². The normalized spacial score (nSPS) is 15.1. The molecule has 0 aliphatic carbocycles. The molecule has 5 rings (SSSR count). The first-order valence-corrected chi connectivity index (χ1v) is 13.8. The average Bonchev–Trinajstić information content (AvgIpc) is 3.22. The Morgan fingerprint density at radius 1 is 1.05 bits per heavy atom. The number of fused-ring (bicyclic) bond motifs is 1. The summed E-state index contributed by atoms with van der Waals surface area (Å²) in [6, 6.07) is 21.4. The van der Waals surface area contributed by atoms with Crippen molar-refractivity contribution in [2.24, 2.45) is 4.99 Å². The van der Waals surface area contributed by atoms with Crippen molar-refractivity contribution in [1.82, 2.24) is 4.57 Å². The highest BCUT2D eigenvalue weighted by Crippen LogP contribution is 2.34. The van der Waals surface area contributed by atoms with Gasteiger partial charge in [0.1, 0.15) is 18.4 Å². The van der Waals surface area contributed by atoms with E-state index >= 15 is 0 Å². The first-order chi connectivity index (χ1) is 18.9. The van der Waals surface area contributed by atoms with Gasteiger partial charge in [-0.15, -0.1) is 0 Å². The molecule has 0 saturated carbocycles. The van der Waals surface area contributed by atoms with Crippen LogP contribution in [-0.2, 0) is 16.1 Å². The van der Waals surface area contributed by atoms with Crippen LogP contribution >= 0.6 is 34.5 Å². The van der Waals surface area contributed by atoms with E-state index in [4.69, 9.17) is 32.7 Å². The van der Waals surface area contributed by atoms with Crippen molar-refractivity contribution < 1.29 is 14.3 Å². The minimum Gasteiger partial charge on any atom is -0.489 e. The van der Waals surface area contributed by atoms with Crippen LogP contribution in [0, 0.1) is 0 Å². The van der Waals surface area contributed by atoms with Crippen LogP contribution in [0.25, 0.3) is 6.08 Å². The molecule has 2 heterocycles. The van der Waals surface area contributed by atoms with Crippen LogP contribution in [0.2, 0.25) is 10.0 Å². The number of hydrogen-bond acceptors (Lipinski definition) is 6. The molecule has 0 N–H and O–H groups in total. The molecule has 0 unspecified atom stereocenters. The third-order valence-corrected chi connectivity index (χ3v) is 7.92. The van der Waals surface area contributed by atoms with E-state index in [0.29, 0.717) is 48.6 Å². The summed E-state index contributed by atoms with van der Waals surface area (Å²) in [7, 11) is 0. The third kappa shape index (κ3) is 5.57. The molecule has 0 fully saturated rings. The van der Waals surface area contributed by atoms with E-state index in [1.165, 1.54) is 15.9 Å². The maximum atomic E-state index is 13.8. The summed E-state index contributed by atoms with van der Waals surface area (Å²) < 4.78 is 13.3. The van der Waals surface area contributed by atoms with Gasteiger partial charge in [0.05, 0.1) is 22.4 Å². The molecule has 0 spiro atoms. The van der Waals surface area contributed by atoms with Crippen molar-refractivity contribution >= 4 is 46.6 Å². The maximum absolute atomic E-state index is 13.8. The van der Waals surface area contributed by atoms with Crippen molar-refractivity contribution in [1.29, 1.82) is 0 Å². The first kappa shape index (κ1) is 26.9. The summed E-state index contributed by atoms with van der Waals surface area (Å²) in [6.45, 7) is 4.00. The molecule has 0 saturated heterocycles. The fraction of sp³-hybridized carbons (Fsp3) is 0.167. The lowest BCUT2D eigenvalue weighted by Crippen LogP contribution is -2.40. The number of ether oxygens (including phenoxy) is 2. The van der Waals surface area contributed by atoms with Crippen molar-refractivity contribution in [3.63, 3.8) is 0 Å². The quantitative estimate of drug-likeness (QED) is 0.264. The van der Waals surface area contributed by atoms with Crippen LogP contribution in [-0.4, -0.2) is 17.1 Å². The van der Waals surface area contributed by atoms with Crippen molar-refractivity contribution in [3.05, 3.63) is 130 Å².